The average molecular weight is 216 g/mol. The lowest BCUT2D eigenvalue weighted by atomic mass is 10.0. The van der Waals surface area contributed by atoms with Gasteiger partial charge in [-0.2, -0.15) is 0 Å². The van der Waals surface area contributed by atoms with Crippen LogP contribution in [0.3, 0.4) is 0 Å². The van der Waals surface area contributed by atoms with Crippen molar-refractivity contribution in [3.8, 4) is 0 Å². The second-order valence-electron chi connectivity index (χ2n) is 5.42. The van der Waals surface area contributed by atoms with Crippen LogP contribution < -0.4 is 0 Å². The van der Waals surface area contributed by atoms with E-state index < -0.39 is 0 Å². The molecule has 0 radical (unpaired) electrons. The molecule has 16 heavy (non-hydrogen) atoms. The summed E-state index contributed by atoms with van der Waals surface area (Å²) in [5.41, 5.74) is 1.45. The Hall–Kier alpha value is -0.860. The molecule has 2 fully saturated rings. The van der Waals surface area contributed by atoms with E-state index in [2.05, 4.69) is 47.2 Å². The maximum absolute atomic E-state index is 2.62. The highest BCUT2D eigenvalue weighted by Gasteiger charge is 2.38. The van der Waals surface area contributed by atoms with Gasteiger partial charge in [-0.05, 0) is 24.4 Å². The molecule has 1 aromatic rings. The first-order valence-electron chi connectivity index (χ1n) is 6.26. The van der Waals surface area contributed by atoms with Crippen molar-refractivity contribution in [2.45, 2.75) is 6.54 Å². The summed E-state index contributed by atoms with van der Waals surface area (Å²) in [6.07, 6.45) is 0. The van der Waals surface area contributed by atoms with Crippen molar-refractivity contribution in [3.05, 3.63) is 35.9 Å². The Morgan fingerprint density at radius 1 is 1.00 bits per heavy atom. The molecule has 2 nitrogen and oxygen atoms in total. The van der Waals surface area contributed by atoms with Crippen molar-refractivity contribution in [2.24, 2.45) is 11.8 Å². The summed E-state index contributed by atoms with van der Waals surface area (Å²) >= 11 is 0. The molecule has 0 N–H and O–H groups in total. The zero-order valence-corrected chi connectivity index (χ0v) is 9.97. The van der Waals surface area contributed by atoms with E-state index in [1.54, 1.807) is 0 Å². The number of hydrogen-bond acceptors (Lipinski definition) is 2. The molecule has 86 valence electrons. The second-order valence-corrected chi connectivity index (χ2v) is 5.42. The number of nitrogens with zero attached hydrogens (tertiary/aromatic N) is 2. The number of benzene rings is 1. The minimum absolute atomic E-state index is 0.925. The SMILES string of the molecule is CN1C[C@H]2CN(Cc3ccccc3)C[C@@H]2C1. The molecule has 0 unspecified atom stereocenters. The molecule has 2 saturated heterocycles. The van der Waals surface area contributed by atoms with E-state index in [0.29, 0.717) is 0 Å². The lowest BCUT2D eigenvalue weighted by molar-refractivity contribution is 0.272. The van der Waals surface area contributed by atoms with Crippen LogP contribution in [0.1, 0.15) is 5.56 Å². The molecule has 2 aliphatic rings. The third-order valence-electron chi connectivity index (χ3n) is 3.99. The highest BCUT2D eigenvalue weighted by molar-refractivity contribution is 5.14. The summed E-state index contributed by atoms with van der Waals surface area (Å²) in [7, 11) is 2.25. The molecule has 2 heterocycles. The van der Waals surface area contributed by atoms with Gasteiger partial charge in [-0.3, -0.25) is 4.90 Å². The summed E-state index contributed by atoms with van der Waals surface area (Å²) < 4.78 is 0. The fraction of sp³-hybridized carbons (Fsp3) is 0.571. The van der Waals surface area contributed by atoms with Gasteiger partial charge >= 0.3 is 0 Å². The third kappa shape index (κ3) is 2.00. The van der Waals surface area contributed by atoms with Crippen LogP contribution in [0.5, 0.6) is 0 Å². The normalized spacial score (nSPS) is 30.8. The first-order valence-corrected chi connectivity index (χ1v) is 6.26. The monoisotopic (exact) mass is 216 g/mol. The molecule has 3 rings (SSSR count). The Bertz CT molecular complexity index is 335. The molecule has 0 bridgehead atoms. The van der Waals surface area contributed by atoms with Crippen LogP contribution in [0.25, 0.3) is 0 Å². The summed E-state index contributed by atoms with van der Waals surface area (Å²) in [6.45, 7) is 6.33. The van der Waals surface area contributed by atoms with Gasteiger partial charge in [0.1, 0.15) is 0 Å². The molecular formula is C14H20N2. The largest absolute Gasteiger partial charge is 0.306 e. The molecule has 0 amide bonds. The summed E-state index contributed by atoms with van der Waals surface area (Å²) in [4.78, 5) is 5.10. The van der Waals surface area contributed by atoms with Crippen LogP contribution >= 0.6 is 0 Å². The number of hydrogen-bond donors (Lipinski definition) is 0. The lowest BCUT2D eigenvalue weighted by Crippen LogP contribution is -2.26. The van der Waals surface area contributed by atoms with Gasteiger partial charge in [-0.25, -0.2) is 0 Å². The highest BCUT2D eigenvalue weighted by Crippen LogP contribution is 2.30. The minimum atomic E-state index is 0.925. The van der Waals surface area contributed by atoms with Crippen molar-refractivity contribution in [1.82, 2.24) is 9.80 Å². The molecule has 2 heteroatoms. The van der Waals surface area contributed by atoms with E-state index in [0.717, 1.165) is 18.4 Å². The van der Waals surface area contributed by atoms with Gasteiger partial charge in [0.25, 0.3) is 0 Å². The number of rotatable bonds is 2. The smallest absolute Gasteiger partial charge is 0.0233 e. The minimum Gasteiger partial charge on any atom is -0.306 e. The molecule has 2 atom stereocenters. The topological polar surface area (TPSA) is 6.48 Å². The lowest BCUT2D eigenvalue weighted by Gasteiger charge is -2.18. The molecule has 0 aliphatic carbocycles. The van der Waals surface area contributed by atoms with E-state index in [1.807, 2.05) is 0 Å². The molecule has 1 aromatic carbocycles. The predicted octanol–water partition coefficient (Wildman–Crippen LogP) is 1.68. The zero-order chi connectivity index (χ0) is 11.0. The van der Waals surface area contributed by atoms with Crippen molar-refractivity contribution in [2.75, 3.05) is 33.2 Å². The maximum Gasteiger partial charge on any atom is 0.0233 e. The first kappa shape index (κ1) is 10.3. The van der Waals surface area contributed by atoms with Gasteiger partial charge < -0.3 is 4.90 Å². The number of likely N-dealkylation sites (tertiary alicyclic amines) is 2. The Balaban J connectivity index is 1.60. The molecule has 0 aromatic heterocycles. The Morgan fingerprint density at radius 3 is 2.25 bits per heavy atom. The van der Waals surface area contributed by atoms with Crippen molar-refractivity contribution in [1.29, 1.82) is 0 Å². The van der Waals surface area contributed by atoms with Gasteiger partial charge in [0.15, 0.2) is 0 Å². The van der Waals surface area contributed by atoms with Crippen LogP contribution in [0.15, 0.2) is 30.3 Å². The maximum atomic E-state index is 2.62. The molecule has 0 spiro atoms. The Morgan fingerprint density at radius 2 is 1.62 bits per heavy atom. The summed E-state index contributed by atoms with van der Waals surface area (Å²) in [6, 6.07) is 10.8. The second kappa shape index (κ2) is 4.19. The van der Waals surface area contributed by atoms with Crippen LogP contribution in [-0.4, -0.2) is 43.0 Å². The van der Waals surface area contributed by atoms with Crippen LogP contribution in [0.2, 0.25) is 0 Å². The third-order valence-corrected chi connectivity index (χ3v) is 3.99. The van der Waals surface area contributed by atoms with Crippen LogP contribution in [0.4, 0.5) is 0 Å². The van der Waals surface area contributed by atoms with E-state index >= 15 is 0 Å². The highest BCUT2D eigenvalue weighted by atomic mass is 15.2. The molecule has 2 aliphatic heterocycles. The van der Waals surface area contributed by atoms with E-state index in [1.165, 1.54) is 31.7 Å². The van der Waals surface area contributed by atoms with Crippen molar-refractivity contribution >= 4 is 0 Å². The van der Waals surface area contributed by atoms with Crippen molar-refractivity contribution in [3.63, 3.8) is 0 Å². The van der Waals surface area contributed by atoms with E-state index in [9.17, 15) is 0 Å². The predicted molar refractivity (Wildman–Crippen MR) is 66.2 cm³/mol. The zero-order valence-electron chi connectivity index (χ0n) is 9.97. The van der Waals surface area contributed by atoms with Gasteiger partial charge in [-0.1, -0.05) is 30.3 Å². The Labute approximate surface area is 97.9 Å². The van der Waals surface area contributed by atoms with Crippen LogP contribution in [-0.2, 0) is 6.54 Å². The van der Waals surface area contributed by atoms with Gasteiger partial charge in [0.05, 0.1) is 0 Å². The van der Waals surface area contributed by atoms with E-state index in [4.69, 9.17) is 0 Å². The quantitative estimate of drug-likeness (QED) is 0.742. The van der Waals surface area contributed by atoms with Crippen LogP contribution in [0, 0.1) is 11.8 Å². The van der Waals surface area contributed by atoms with Gasteiger partial charge in [0, 0.05) is 32.7 Å². The van der Waals surface area contributed by atoms with Crippen molar-refractivity contribution < 1.29 is 0 Å². The fourth-order valence-electron chi connectivity index (χ4n) is 3.30. The standard InChI is InChI=1S/C14H20N2/c1-15-8-13-10-16(11-14(13)9-15)7-12-5-3-2-4-6-12/h2-6,13-14H,7-11H2,1H3/t13-,14-/m0/s1. The number of fused-ring (bicyclic) bond motifs is 1. The Kier molecular flexibility index (Phi) is 2.70. The van der Waals surface area contributed by atoms with E-state index in [-0.39, 0.29) is 0 Å². The fourth-order valence-corrected chi connectivity index (χ4v) is 3.30. The van der Waals surface area contributed by atoms with Gasteiger partial charge in [-0.15, -0.1) is 0 Å². The first-order chi connectivity index (χ1) is 7.81. The molecule has 0 saturated carbocycles. The summed E-state index contributed by atoms with van der Waals surface area (Å²) in [5, 5.41) is 0. The average Bonchev–Trinajstić information content (AvgIpc) is 2.76. The molecular weight excluding hydrogens is 196 g/mol. The van der Waals surface area contributed by atoms with Gasteiger partial charge in [0.2, 0.25) is 0 Å². The summed E-state index contributed by atoms with van der Waals surface area (Å²) in [5.74, 6) is 1.85.